The summed E-state index contributed by atoms with van der Waals surface area (Å²) in [5.41, 5.74) is 7.45. The van der Waals surface area contributed by atoms with E-state index in [1.807, 2.05) is 37.5 Å². The van der Waals surface area contributed by atoms with Crippen LogP contribution < -0.4 is 4.72 Å². The minimum absolute atomic E-state index is 0.0309. The third-order valence-electron chi connectivity index (χ3n) is 6.20. The van der Waals surface area contributed by atoms with E-state index in [1.165, 1.54) is 12.1 Å². The van der Waals surface area contributed by atoms with E-state index >= 15 is 0 Å². The molecule has 0 radical (unpaired) electrons. The summed E-state index contributed by atoms with van der Waals surface area (Å²) >= 11 is 0. The van der Waals surface area contributed by atoms with Crippen molar-refractivity contribution in [1.29, 1.82) is 0 Å². The first kappa shape index (κ1) is 23.9. The van der Waals surface area contributed by atoms with Crippen molar-refractivity contribution in [3.05, 3.63) is 84.2 Å². The van der Waals surface area contributed by atoms with E-state index in [0.29, 0.717) is 39.2 Å². The number of nitrogens with zero attached hydrogens (tertiary/aromatic N) is 4. The summed E-state index contributed by atoms with van der Waals surface area (Å²) in [4.78, 5) is 16.7. The fourth-order valence-corrected chi connectivity index (χ4v) is 4.89. The van der Waals surface area contributed by atoms with Gasteiger partial charge in [0.05, 0.1) is 29.0 Å². The predicted molar refractivity (Wildman–Crippen MR) is 144 cm³/mol. The lowest BCUT2D eigenvalue weighted by molar-refractivity contribution is 0.586. The monoisotopic (exact) mass is 527 g/mol. The van der Waals surface area contributed by atoms with Gasteiger partial charge in [0, 0.05) is 41.6 Å². The molecule has 0 aliphatic carbocycles. The zero-order chi connectivity index (χ0) is 26.4. The maximum atomic E-state index is 14.5. The highest BCUT2D eigenvalue weighted by molar-refractivity contribution is 7.88. The maximum Gasteiger partial charge on any atom is 0.209 e. The smallest absolute Gasteiger partial charge is 0.209 e. The average Bonchev–Trinajstić information content (AvgIpc) is 3.50. The second-order valence-corrected chi connectivity index (χ2v) is 11.0. The van der Waals surface area contributed by atoms with Gasteiger partial charge in [0.2, 0.25) is 10.0 Å². The lowest BCUT2D eigenvalue weighted by Gasteiger charge is -2.07. The Labute approximate surface area is 217 Å². The number of benzene rings is 2. The van der Waals surface area contributed by atoms with E-state index in [-0.39, 0.29) is 6.54 Å². The van der Waals surface area contributed by atoms with Crippen molar-refractivity contribution in [1.82, 2.24) is 34.9 Å². The SMILES string of the molecule is Cc1cncc(-c2ccc3[nH]nc(-c4nc5c(-c6cc(F)cc(CNS(C)(=O)=O)c6)cncc5[nH]4)c3c2)c1. The third kappa shape index (κ3) is 4.64. The second kappa shape index (κ2) is 9.12. The molecule has 0 saturated carbocycles. The van der Waals surface area contributed by atoms with Gasteiger partial charge in [-0.3, -0.25) is 15.1 Å². The number of aromatic amines is 2. The van der Waals surface area contributed by atoms with Crippen LogP contribution in [-0.2, 0) is 16.6 Å². The number of aromatic nitrogens is 6. The molecule has 0 aliphatic rings. The van der Waals surface area contributed by atoms with Crippen LogP contribution in [0.5, 0.6) is 0 Å². The van der Waals surface area contributed by atoms with Crippen molar-refractivity contribution in [2.75, 3.05) is 6.26 Å². The molecule has 0 amide bonds. The number of pyridine rings is 2. The van der Waals surface area contributed by atoms with E-state index in [4.69, 9.17) is 4.98 Å². The lowest BCUT2D eigenvalue weighted by atomic mass is 10.0. The highest BCUT2D eigenvalue weighted by Gasteiger charge is 2.17. The van der Waals surface area contributed by atoms with Crippen LogP contribution in [0, 0.1) is 12.7 Å². The topological polar surface area (TPSA) is 129 Å². The van der Waals surface area contributed by atoms with Gasteiger partial charge in [0.1, 0.15) is 11.5 Å². The van der Waals surface area contributed by atoms with Crippen molar-refractivity contribution >= 4 is 32.0 Å². The highest BCUT2D eigenvalue weighted by Crippen LogP contribution is 2.33. The number of halogens is 1. The molecule has 9 nitrogen and oxygen atoms in total. The van der Waals surface area contributed by atoms with Crippen LogP contribution >= 0.6 is 0 Å². The van der Waals surface area contributed by atoms with Crippen LogP contribution in [0.25, 0.3) is 55.7 Å². The largest absolute Gasteiger partial charge is 0.335 e. The number of fused-ring (bicyclic) bond motifs is 2. The van der Waals surface area contributed by atoms with Crippen LogP contribution in [0.1, 0.15) is 11.1 Å². The van der Waals surface area contributed by atoms with Gasteiger partial charge in [0.25, 0.3) is 0 Å². The number of hydrogen-bond donors (Lipinski definition) is 3. The minimum Gasteiger partial charge on any atom is -0.335 e. The van der Waals surface area contributed by atoms with Crippen LogP contribution in [-0.4, -0.2) is 44.8 Å². The zero-order valence-electron chi connectivity index (χ0n) is 20.4. The normalized spacial score (nSPS) is 12.0. The zero-order valence-corrected chi connectivity index (χ0v) is 21.3. The standard InChI is InChI=1S/C27H22FN7O2S/c1-15-5-19(12-29-10-15)17-3-4-23-21(9-17)26(35-34-23)27-32-24-14-30-13-22(25(24)33-27)18-6-16(7-20(28)8-18)11-31-38(2,36)37/h3-10,12-14,31H,11H2,1-2H3,(H,32,33)(H,34,35). The molecular weight excluding hydrogens is 505 g/mol. The molecule has 0 bridgehead atoms. The second-order valence-electron chi connectivity index (χ2n) is 9.19. The van der Waals surface area contributed by atoms with Crippen molar-refractivity contribution in [2.45, 2.75) is 13.5 Å². The minimum atomic E-state index is -3.43. The van der Waals surface area contributed by atoms with Gasteiger partial charge in [0.15, 0.2) is 5.82 Å². The lowest BCUT2D eigenvalue weighted by Crippen LogP contribution is -2.21. The van der Waals surface area contributed by atoms with Crippen molar-refractivity contribution in [3.63, 3.8) is 0 Å². The Morgan fingerprint density at radius 1 is 0.921 bits per heavy atom. The molecule has 4 aromatic heterocycles. The quantitative estimate of drug-likeness (QED) is 0.287. The Bertz CT molecular complexity index is 1950. The van der Waals surface area contributed by atoms with E-state index in [1.54, 1.807) is 18.5 Å². The molecule has 0 unspecified atom stereocenters. The summed E-state index contributed by atoms with van der Waals surface area (Å²) in [6.07, 6.45) is 7.96. The Kier molecular flexibility index (Phi) is 5.73. The van der Waals surface area contributed by atoms with Crippen molar-refractivity contribution in [2.24, 2.45) is 0 Å². The summed E-state index contributed by atoms with van der Waals surface area (Å²) in [5.74, 6) is 0.0485. The van der Waals surface area contributed by atoms with E-state index in [2.05, 4.69) is 35.9 Å². The molecule has 2 aromatic carbocycles. The number of H-pyrrole nitrogens is 2. The summed E-state index contributed by atoms with van der Waals surface area (Å²) in [7, 11) is -3.43. The first-order chi connectivity index (χ1) is 18.2. The predicted octanol–water partition coefficient (Wildman–Crippen LogP) is 4.73. The fraction of sp³-hybridized carbons (Fsp3) is 0.111. The number of hydrogen-bond acceptors (Lipinski definition) is 6. The molecular formula is C27H22FN7O2S. The highest BCUT2D eigenvalue weighted by atomic mass is 32.2. The van der Waals surface area contributed by atoms with Gasteiger partial charge in [-0.1, -0.05) is 6.07 Å². The third-order valence-corrected chi connectivity index (χ3v) is 6.87. The molecule has 0 atom stereocenters. The van der Waals surface area contributed by atoms with Crippen molar-refractivity contribution < 1.29 is 12.8 Å². The molecule has 190 valence electrons. The number of aryl methyl sites for hydroxylation is 1. The Balaban J connectivity index is 1.43. The molecule has 6 aromatic rings. The van der Waals surface area contributed by atoms with Crippen LogP contribution in [0.3, 0.4) is 0 Å². The summed E-state index contributed by atoms with van der Waals surface area (Å²) in [6.45, 7) is 1.97. The number of sulfonamides is 1. The van der Waals surface area contributed by atoms with Gasteiger partial charge in [-0.05, 0) is 65.6 Å². The number of imidazole rings is 1. The molecule has 0 fully saturated rings. The van der Waals surface area contributed by atoms with Gasteiger partial charge in [-0.15, -0.1) is 0 Å². The average molecular weight is 528 g/mol. The molecule has 0 saturated heterocycles. The molecule has 38 heavy (non-hydrogen) atoms. The van der Waals surface area contributed by atoms with Crippen molar-refractivity contribution in [3.8, 4) is 33.8 Å². The summed E-state index contributed by atoms with van der Waals surface area (Å²) in [5, 5.41) is 8.46. The molecule has 11 heteroatoms. The summed E-state index contributed by atoms with van der Waals surface area (Å²) < 4.78 is 39.9. The van der Waals surface area contributed by atoms with Gasteiger partial charge >= 0.3 is 0 Å². The first-order valence-electron chi connectivity index (χ1n) is 11.7. The van der Waals surface area contributed by atoms with Gasteiger partial charge < -0.3 is 4.98 Å². The molecule has 0 spiro atoms. The Hall–Kier alpha value is -4.48. The maximum absolute atomic E-state index is 14.5. The van der Waals surface area contributed by atoms with Crippen LogP contribution in [0.2, 0.25) is 0 Å². The molecule has 6 rings (SSSR count). The van der Waals surface area contributed by atoms with Gasteiger partial charge in [-0.25, -0.2) is 22.5 Å². The fourth-order valence-electron chi connectivity index (χ4n) is 4.47. The van der Waals surface area contributed by atoms with Crippen LogP contribution in [0.15, 0.2) is 67.3 Å². The van der Waals surface area contributed by atoms with Gasteiger partial charge in [-0.2, -0.15) is 5.10 Å². The van der Waals surface area contributed by atoms with E-state index < -0.39 is 15.8 Å². The van der Waals surface area contributed by atoms with E-state index in [0.717, 1.165) is 33.8 Å². The first-order valence-corrected chi connectivity index (χ1v) is 13.6. The Morgan fingerprint density at radius 2 is 1.76 bits per heavy atom. The van der Waals surface area contributed by atoms with E-state index in [9.17, 15) is 12.8 Å². The molecule has 4 heterocycles. The van der Waals surface area contributed by atoms with Crippen LogP contribution in [0.4, 0.5) is 4.39 Å². The number of rotatable bonds is 6. The number of nitrogens with one attached hydrogen (secondary N) is 3. The summed E-state index contributed by atoms with van der Waals surface area (Å²) in [6, 6.07) is 12.5. The molecule has 0 aliphatic heterocycles. The molecule has 3 N–H and O–H groups in total. The Morgan fingerprint density at radius 3 is 2.58 bits per heavy atom.